The molecule has 0 saturated carbocycles. The molecule has 2 aromatic carbocycles. The Bertz CT molecular complexity index is 800. The van der Waals surface area contributed by atoms with Gasteiger partial charge >= 0.3 is 6.09 Å². The van der Waals surface area contributed by atoms with Gasteiger partial charge in [0.1, 0.15) is 11.4 Å². The fraction of sp³-hybridized carbons (Fsp3) is 0.458. The number of ether oxygens (including phenoxy) is 1. The van der Waals surface area contributed by atoms with Gasteiger partial charge in [-0.2, -0.15) is 0 Å². The summed E-state index contributed by atoms with van der Waals surface area (Å²) in [7, 11) is 0. The molecule has 1 heterocycles. The maximum Gasteiger partial charge on any atom is 0.410 e. The van der Waals surface area contributed by atoms with E-state index in [1.165, 1.54) is 6.07 Å². The van der Waals surface area contributed by atoms with Crippen LogP contribution in [0.2, 0.25) is 0 Å². The highest BCUT2D eigenvalue weighted by molar-refractivity contribution is 5.69. The smallest absolute Gasteiger partial charge is 0.410 e. The SMILES string of the molecule is C[C@H]([C@H](c1ccccc1)c1cccc(F)c1)[C@H]1CCCN1C(=O)OC(C)(C)C. The van der Waals surface area contributed by atoms with Crippen LogP contribution in [0.5, 0.6) is 0 Å². The van der Waals surface area contributed by atoms with Crippen LogP contribution in [0.15, 0.2) is 54.6 Å². The molecule has 0 N–H and O–H groups in total. The van der Waals surface area contributed by atoms with E-state index >= 15 is 0 Å². The Morgan fingerprint density at radius 2 is 1.79 bits per heavy atom. The highest BCUT2D eigenvalue weighted by Gasteiger charge is 2.39. The molecular formula is C24H30FNO2. The molecule has 150 valence electrons. The molecule has 1 amide bonds. The van der Waals surface area contributed by atoms with Crippen LogP contribution in [0.1, 0.15) is 57.6 Å². The summed E-state index contributed by atoms with van der Waals surface area (Å²) in [5.41, 5.74) is 1.56. The van der Waals surface area contributed by atoms with Crippen LogP contribution in [0.25, 0.3) is 0 Å². The number of rotatable bonds is 4. The van der Waals surface area contributed by atoms with Gasteiger partial charge in [0.25, 0.3) is 0 Å². The Hall–Kier alpha value is -2.36. The molecule has 3 nitrogen and oxygen atoms in total. The highest BCUT2D eigenvalue weighted by Crippen LogP contribution is 2.39. The third-order valence-electron chi connectivity index (χ3n) is 5.43. The fourth-order valence-electron chi connectivity index (χ4n) is 4.27. The van der Waals surface area contributed by atoms with Crippen LogP contribution < -0.4 is 0 Å². The molecule has 1 saturated heterocycles. The summed E-state index contributed by atoms with van der Waals surface area (Å²) in [5.74, 6) is -0.106. The van der Waals surface area contributed by atoms with Gasteiger partial charge in [0.15, 0.2) is 0 Å². The van der Waals surface area contributed by atoms with Crippen molar-refractivity contribution in [2.45, 2.75) is 58.1 Å². The van der Waals surface area contributed by atoms with E-state index < -0.39 is 5.60 Å². The minimum absolute atomic E-state index is 0.00457. The summed E-state index contributed by atoms with van der Waals surface area (Å²) in [6.07, 6.45) is 1.63. The van der Waals surface area contributed by atoms with Gasteiger partial charge in [-0.3, -0.25) is 0 Å². The number of carbonyl (C=O) groups excluding carboxylic acids is 1. The molecule has 3 atom stereocenters. The number of benzene rings is 2. The van der Waals surface area contributed by atoms with E-state index in [9.17, 15) is 9.18 Å². The summed E-state index contributed by atoms with van der Waals surface area (Å²) in [6.45, 7) is 8.53. The van der Waals surface area contributed by atoms with Gasteiger partial charge in [-0.15, -0.1) is 0 Å². The summed E-state index contributed by atoms with van der Waals surface area (Å²) >= 11 is 0. The van der Waals surface area contributed by atoms with Crippen LogP contribution >= 0.6 is 0 Å². The first-order chi connectivity index (χ1) is 13.3. The van der Waals surface area contributed by atoms with Crippen molar-refractivity contribution in [3.8, 4) is 0 Å². The molecule has 28 heavy (non-hydrogen) atoms. The Balaban J connectivity index is 1.92. The molecule has 0 spiro atoms. The van der Waals surface area contributed by atoms with E-state index in [2.05, 4.69) is 19.1 Å². The second kappa shape index (κ2) is 8.34. The third-order valence-corrected chi connectivity index (χ3v) is 5.43. The Morgan fingerprint density at radius 3 is 2.43 bits per heavy atom. The van der Waals surface area contributed by atoms with Gasteiger partial charge in [-0.25, -0.2) is 9.18 Å². The van der Waals surface area contributed by atoms with Crippen molar-refractivity contribution in [3.63, 3.8) is 0 Å². The number of hydrogen-bond donors (Lipinski definition) is 0. The maximum absolute atomic E-state index is 14.0. The van der Waals surface area contributed by atoms with Crippen molar-refractivity contribution in [2.75, 3.05) is 6.54 Å². The Labute approximate surface area is 167 Å². The normalized spacial score (nSPS) is 19.3. The van der Waals surface area contributed by atoms with Crippen LogP contribution in [0.3, 0.4) is 0 Å². The molecular weight excluding hydrogens is 353 g/mol. The highest BCUT2D eigenvalue weighted by atomic mass is 19.1. The first-order valence-electron chi connectivity index (χ1n) is 10.1. The zero-order valence-corrected chi connectivity index (χ0v) is 17.2. The summed E-state index contributed by atoms with van der Waals surface area (Å²) in [5, 5.41) is 0. The van der Waals surface area contributed by atoms with Gasteiger partial charge in [-0.1, -0.05) is 49.4 Å². The molecule has 1 fully saturated rings. The van der Waals surface area contributed by atoms with Crippen molar-refractivity contribution < 1.29 is 13.9 Å². The second-order valence-corrected chi connectivity index (χ2v) is 8.69. The van der Waals surface area contributed by atoms with Crippen LogP contribution in [0.4, 0.5) is 9.18 Å². The lowest BCUT2D eigenvalue weighted by Crippen LogP contribution is -2.43. The van der Waals surface area contributed by atoms with Crippen LogP contribution in [-0.2, 0) is 4.74 Å². The lowest BCUT2D eigenvalue weighted by atomic mass is 9.77. The van der Waals surface area contributed by atoms with E-state index in [4.69, 9.17) is 4.74 Å². The van der Waals surface area contributed by atoms with E-state index in [0.717, 1.165) is 24.0 Å². The second-order valence-electron chi connectivity index (χ2n) is 8.69. The molecule has 0 bridgehead atoms. The zero-order chi connectivity index (χ0) is 20.3. The zero-order valence-electron chi connectivity index (χ0n) is 17.2. The maximum atomic E-state index is 14.0. The summed E-state index contributed by atoms with van der Waals surface area (Å²) in [4.78, 5) is 14.6. The van der Waals surface area contributed by atoms with Gasteiger partial charge < -0.3 is 9.64 Å². The minimum atomic E-state index is -0.519. The van der Waals surface area contributed by atoms with Crippen molar-refractivity contribution in [2.24, 2.45) is 5.92 Å². The minimum Gasteiger partial charge on any atom is -0.444 e. The topological polar surface area (TPSA) is 29.5 Å². The molecule has 0 unspecified atom stereocenters. The lowest BCUT2D eigenvalue weighted by Gasteiger charge is -2.36. The van der Waals surface area contributed by atoms with Gasteiger partial charge in [0.2, 0.25) is 0 Å². The number of carbonyl (C=O) groups is 1. The first-order valence-corrected chi connectivity index (χ1v) is 10.1. The lowest BCUT2D eigenvalue weighted by molar-refractivity contribution is 0.0176. The van der Waals surface area contributed by atoms with Crippen LogP contribution in [-0.4, -0.2) is 29.2 Å². The molecule has 4 heteroatoms. The molecule has 0 radical (unpaired) electrons. The van der Waals surface area contributed by atoms with Crippen molar-refractivity contribution in [1.29, 1.82) is 0 Å². The van der Waals surface area contributed by atoms with Crippen molar-refractivity contribution in [3.05, 3.63) is 71.5 Å². The van der Waals surface area contributed by atoms with Gasteiger partial charge in [0, 0.05) is 18.5 Å². The number of amides is 1. The quantitative estimate of drug-likeness (QED) is 0.649. The largest absolute Gasteiger partial charge is 0.444 e. The molecule has 2 aromatic rings. The summed E-state index contributed by atoms with van der Waals surface area (Å²) < 4.78 is 19.6. The monoisotopic (exact) mass is 383 g/mol. The predicted molar refractivity (Wildman–Crippen MR) is 110 cm³/mol. The van der Waals surface area contributed by atoms with Crippen molar-refractivity contribution >= 4 is 6.09 Å². The number of likely N-dealkylation sites (tertiary alicyclic amines) is 1. The van der Waals surface area contributed by atoms with E-state index in [0.29, 0.717) is 6.54 Å². The standard InChI is InChI=1S/C24H30FNO2/c1-17(21-14-9-15-26(21)23(27)28-24(2,3)4)22(18-10-6-5-7-11-18)19-12-8-13-20(25)16-19/h5-8,10-13,16-17,21-22H,9,14-15H2,1-4H3/t17-,21+,22+/m0/s1. The fourth-order valence-corrected chi connectivity index (χ4v) is 4.27. The molecule has 0 aromatic heterocycles. The van der Waals surface area contributed by atoms with Crippen molar-refractivity contribution in [1.82, 2.24) is 4.90 Å². The van der Waals surface area contributed by atoms with Crippen LogP contribution in [0, 0.1) is 11.7 Å². The molecule has 3 rings (SSSR count). The molecule has 1 aliphatic heterocycles. The predicted octanol–water partition coefficient (Wildman–Crippen LogP) is 5.99. The van der Waals surface area contributed by atoms with E-state index in [1.54, 1.807) is 12.1 Å². The summed E-state index contributed by atoms with van der Waals surface area (Å²) in [6, 6.07) is 17.0. The first kappa shape index (κ1) is 20.4. The average Bonchev–Trinajstić information content (AvgIpc) is 3.11. The number of halogens is 1. The Morgan fingerprint density at radius 1 is 1.11 bits per heavy atom. The van der Waals surface area contributed by atoms with Gasteiger partial charge in [0.05, 0.1) is 0 Å². The molecule has 0 aliphatic carbocycles. The number of nitrogens with zero attached hydrogens (tertiary/aromatic N) is 1. The number of hydrogen-bond acceptors (Lipinski definition) is 2. The molecule has 1 aliphatic rings. The van der Waals surface area contributed by atoms with E-state index in [1.807, 2.05) is 49.9 Å². The Kier molecular flexibility index (Phi) is 6.07. The van der Waals surface area contributed by atoms with Gasteiger partial charge in [-0.05, 0) is 62.8 Å². The third kappa shape index (κ3) is 4.73. The average molecular weight is 384 g/mol. The van der Waals surface area contributed by atoms with E-state index in [-0.39, 0.29) is 29.8 Å².